The Balaban J connectivity index is 0.000000561. The van der Waals surface area contributed by atoms with Crippen LogP contribution >= 0.6 is 0 Å². The summed E-state index contributed by atoms with van der Waals surface area (Å²) in [4.78, 5) is 0. The van der Waals surface area contributed by atoms with E-state index in [9.17, 15) is 0 Å². The first kappa shape index (κ1) is 18.5. The highest BCUT2D eigenvalue weighted by molar-refractivity contribution is 5.77. The summed E-state index contributed by atoms with van der Waals surface area (Å²) < 4.78 is 0. The molecule has 0 nitrogen and oxygen atoms in total. The number of hydrogen-bond acceptors (Lipinski definition) is 0. The predicted octanol–water partition coefficient (Wildman–Crippen LogP) is 6.97. The van der Waals surface area contributed by atoms with Crippen LogP contribution in [0.3, 0.4) is 0 Å². The first-order valence-electron chi connectivity index (χ1n) is 8.65. The van der Waals surface area contributed by atoms with Gasteiger partial charge < -0.3 is 0 Å². The molecule has 0 radical (unpaired) electrons. The molecule has 0 saturated heterocycles. The maximum absolute atomic E-state index is 2.36. The standard InChI is InChI=1S/C18H20.2C2H6/c1-17(2)15-11-7-5-9-13(15)14-10-6-8-12-16(14)18(17,3)4;2*1-2/h5-12H,1-4H3;2*1-2H3. The molecule has 0 amide bonds. The fraction of sp³-hybridized carbons (Fsp3) is 0.455. The van der Waals surface area contributed by atoms with E-state index in [1.807, 2.05) is 27.7 Å². The van der Waals surface area contributed by atoms with Gasteiger partial charge in [-0.15, -0.1) is 0 Å². The van der Waals surface area contributed by atoms with Gasteiger partial charge in [-0.05, 0) is 33.1 Å². The van der Waals surface area contributed by atoms with E-state index in [1.54, 1.807) is 0 Å². The number of fused-ring (bicyclic) bond motifs is 3. The molecule has 0 fully saturated rings. The third kappa shape index (κ3) is 2.72. The van der Waals surface area contributed by atoms with E-state index < -0.39 is 0 Å². The van der Waals surface area contributed by atoms with E-state index in [0.717, 1.165) is 0 Å². The maximum Gasteiger partial charge on any atom is -0.000568 e. The molecule has 120 valence electrons. The predicted molar refractivity (Wildman–Crippen MR) is 101 cm³/mol. The van der Waals surface area contributed by atoms with Gasteiger partial charge in [0.2, 0.25) is 0 Å². The van der Waals surface area contributed by atoms with Gasteiger partial charge in [0.05, 0.1) is 0 Å². The van der Waals surface area contributed by atoms with Crippen molar-refractivity contribution in [3.63, 3.8) is 0 Å². The van der Waals surface area contributed by atoms with E-state index >= 15 is 0 Å². The van der Waals surface area contributed by atoms with Gasteiger partial charge in [0.1, 0.15) is 0 Å². The molecule has 0 N–H and O–H groups in total. The summed E-state index contributed by atoms with van der Waals surface area (Å²) in [7, 11) is 0. The lowest BCUT2D eigenvalue weighted by Gasteiger charge is -2.48. The van der Waals surface area contributed by atoms with Gasteiger partial charge in [0, 0.05) is 0 Å². The van der Waals surface area contributed by atoms with Gasteiger partial charge in [-0.1, -0.05) is 104 Å². The quantitative estimate of drug-likeness (QED) is 0.492. The molecule has 0 spiro atoms. The summed E-state index contributed by atoms with van der Waals surface area (Å²) >= 11 is 0. The minimum absolute atomic E-state index is 0.151. The summed E-state index contributed by atoms with van der Waals surface area (Å²) in [6.07, 6.45) is 0. The summed E-state index contributed by atoms with van der Waals surface area (Å²) in [6, 6.07) is 17.7. The number of rotatable bonds is 0. The zero-order valence-electron chi connectivity index (χ0n) is 15.6. The van der Waals surface area contributed by atoms with Crippen molar-refractivity contribution in [2.75, 3.05) is 0 Å². The lowest BCUT2D eigenvalue weighted by molar-refractivity contribution is 0.299. The van der Waals surface area contributed by atoms with Gasteiger partial charge in [-0.25, -0.2) is 0 Å². The normalized spacial score (nSPS) is 16.0. The van der Waals surface area contributed by atoms with Crippen LogP contribution < -0.4 is 0 Å². The van der Waals surface area contributed by atoms with E-state index in [1.165, 1.54) is 22.3 Å². The Labute approximate surface area is 137 Å². The Morgan fingerprint density at radius 2 is 0.773 bits per heavy atom. The molecule has 0 bridgehead atoms. The lowest BCUT2D eigenvalue weighted by Crippen LogP contribution is -2.43. The lowest BCUT2D eigenvalue weighted by atomic mass is 9.55. The molecule has 0 saturated carbocycles. The zero-order chi connectivity index (χ0) is 17.0. The molecular formula is C22H32. The Kier molecular flexibility index (Phi) is 6.00. The van der Waals surface area contributed by atoms with Crippen molar-refractivity contribution < 1.29 is 0 Å². The molecular weight excluding hydrogens is 264 g/mol. The monoisotopic (exact) mass is 296 g/mol. The average molecular weight is 296 g/mol. The smallest absolute Gasteiger partial charge is 0.000568 e. The molecule has 0 aromatic heterocycles. The molecule has 0 atom stereocenters. The topological polar surface area (TPSA) is 0 Å². The van der Waals surface area contributed by atoms with Crippen LogP contribution in [-0.2, 0) is 10.8 Å². The largest absolute Gasteiger partial charge is 0.0683 e. The van der Waals surface area contributed by atoms with Crippen LogP contribution in [0, 0.1) is 0 Å². The number of benzene rings is 2. The van der Waals surface area contributed by atoms with E-state index in [2.05, 4.69) is 76.2 Å². The molecule has 0 unspecified atom stereocenters. The van der Waals surface area contributed by atoms with Gasteiger partial charge in [0.15, 0.2) is 0 Å². The highest BCUT2D eigenvalue weighted by atomic mass is 14.5. The molecule has 0 aliphatic heterocycles. The molecule has 2 aromatic carbocycles. The first-order valence-corrected chi connectivity index (χ1v) is 8.65. The first-order chi connectivity index (χ1) is 10.5. The molecule has 1 aliphatic rings. The summed E-state index contributed by atoms with van der Waals surface area (Å²) in [5.41, 5.74) is 6.04. The zero-order valence-corrected chi connectivity index (χ0v) is 15.6. The van der Waals surface area contributed by atoms with Gasteiger partial charge in [-0.3, -0.25) is 0 Å². The Morgan fingerprint density at radius 3 is 1.09 bits per heavy atom. The van der Waals surface area contributed by atoms with Crippen LogP contribution in [0.2, 0.25) is 0 Å². The number of hydrogen-bond donors (Lipinski definition) is 0. The van der Waals surface area contributed by atoms with Crippen LogP contribution in [0.25, 0.3) is 11.1 Å². The molecule has 0 heteroatoms. The van der Waals surface area contributed by atoms with Crippen molar-refractivity contribution in [2.45, 2.75) is 66.2 Å². The SMILES string of the molecule is CC.CC.CC1(C)c2ccccc2-c2ccccc2C1(C)C. The highest BCUT2D eigenvalue weighted by Crippen LogP contribution is 2.53. The fourth-order valence-electron chi connectivity index (χ4n) is 3.20. The maximum atomic E-state index is 2.36. The minimum atomic E-state index is 0.151. The second-order valence-corrected chi connectivity index (χ2v) is 6.34. The van der Waals surface area contributed by atoms with Crippen LogP contribution in [0.15, 0.2) is 48.5 Å². The molecule has 22 heavy (non-hydrogen) atoms. The van der Waals surface area contributed by atoms with Crippen molar-refractivity contribution in [3.05, 3.63) is 59.7 Å². The Hall–Kier alpha value is -1.56. The average Bonchev–Trinajstić information content (AvgIpc) is 2.57. The van der Waals surface area contributed by atoms with E-state index in [-0.39, 0.29) is 10.8 Å². The van der Waals surface area contributed by atoms with Crippen molar-refractivity contribution in [1.82, 2.24) is 0 Å². The van der Waals surface area contributed by atoms with Gasteiger partial charge in [0.25, 0.3) is 0 Å². The molecule has 1 aliphatic carbocycles. The Morgan fingerprint density at radius 1 is 0.500 bits per heavy atom. The minimum Gasteiger partial charge on any atom is -0.0683 e. The van der Waals surface area contributed by atoms with Crippen molar-refractivity contribution in [1.29, 1.82) is 0 Å². The molecule has 3 rings (SSSR count). The van der Waals surface area contributed by atoms with E-state index in [4.69, 9.17) is 0 Å². The van der Waals surface area contributed by atoms with Crippen molar-refractivity contribution >= 4 is 0 Å². The van der Waals surface area contributed by atoms with Crippen LogP contribution in [0.1, 0.15) is 66.5 Å². The van der Waals surface area contributed by atoms with Crippen LogP contribution in [0.5, 0.6) is 0 Å². The van der Waals surface area contributed by atoms with Crippen molar-refractivity contribution in [2.24, 2.45) is 0 Å². The summed E-state index contributed by atoms with van der Waals surface area (Å²) in [5.74, 6) is 0. The van der Waals surface area contributed by atoms with Gasteiger partial charge >= 0.3 is 0 Å². The van der Waals surface area contributed by atoms with Gasteiger partial charge in [-0.2, -0.15) is 0 Å². The third-order valence-electron chi connectivity index (χ3n) is 5.05. The molecule has 2 aromatic rings. The third-order valence-corrected chi connectivity index (χ3v) is 5.05. The van der Waals surface area contributed by atoms with Crippen LogP contribution in [-0.4, -0.2) is 0 Å². The summed E-state index contributed by atoms with van der Waals surface area (Å²) in [5, 5.41) is 0. The fourth-order valence-corrected chi connectivity index (χ4v) is 3.20. The second kappa shape index (κ2) is 7.13. The van der Waals surface area contributed by atoms with E-state index in [0.29, 0.717) is 0 Å². The Bertz CT molecular complexity index is 547. The van der Waals surface area contributed by atoms with Crippen molar-refractivity contribution in [3.8, 4) is 11.1 Å². The molecule has 0 heterocycles. The highest BCUT2D eigenvalue weighted by Gasteiger charge is 2.45. The van der Waals surface area contributed by atoms with Crippen LogP contribution in [0.4, 0.5) is 0 Å². The second-order valence-electron chi connectivity index (χ2n) is 6.34. The summed E-state index contributed by atoms with van der Waals surface area (Å²) in [6.45, 7) is 17.5.